The number of rotatable bonds is 14. The second-order valence-corrected chi connectivity index (χ2v) is 23.8. The predicted molar refractivity (Wildman–Crippen MR) is 287 cm³/mol. The number of nitrogens with one attached hydrogen (secondary N) is 3. The van der Waals surface area contributed by atoms with Crippen molar-refractivity contribution in [3.8, 4) is 5.75 Å². The quantitative estimate of drug-likeness (QED) is 0.0960. The normalized spacial score (nSPS) is 19.3. The van der Waals surface area contributed by atoms with Crippen LogP contribution in [0.5, 0.6) is 5.75 Å². The van der Waals surface area contributed by atoms with Crippen molar-refractivity contribution in [2.75, 3.05) is 113 Å². The van der Waals surface area contributed by atoms with Gasteiger partial charge in [0.1, 0.15) is 30.3 Å². The van der Waals surface area contributed by atoms with Crippen LogP contribution in [0.4, 0.5) is 34.5 Å². The molecule has 0 saturated carbocycles. The molecular weight excluding hydrogens is 1030 g/mol. The second-order valence-electron chi connectivity index (χ2n) is 19.8. The van der Waals surface area contributed by atoms with Crippen LogP contribution in [0, 0.1) is 0 Å². The van der Waals surface area contributed by atoms with E-state index in [1.807, 2.05) is 23.1 Å². The molecule has 4 saturated heterocycles. The number of anilines is 6. The number of piperazine rings is 2. The Hall–Kier alpha value is -6.54. The SMILES string of the molecule is CCc1cc(Nc2ncc(Br)c(Nc3ccc4nccnc4c3P(C)(C)=O)n2)c(OC)cc1N1CCC(N2CCN(C(=O)CCN3CCN(c4ccc5c(c4)C(=O)N(C4CCC(=O)NC4=O)C5=O)CC3)CC2)CC1. The summed E-state index contributed by atoms with van der Waals surface area (Å²) < 4.78 is 20.1. The van der Waals surface area contributed by atoms with Gasteiger partial charge in [0.15, 0.2) is 0 Å². The number of nitrogens with zero attached hydrogens (tertiary/aromatic N) is 10. The Morgan fingerprint density at radius 3 is 2.28 bits per heavy atom. The van der Waals surface area contributed by atoms with E-state index in [2.05, 4.69) is 85.5 Å². The summed E-state index contributed by atoms with van der Waals surface area (Å²) in [6.07, 6.45) is 8.40. The molecule has 0 spiro atoms. The lowest BCUT2D eigenvalue weighted by Gasteiger charge is -2.43. The van der Waals surface area contributed by atoms with Gasteiger partial charge in [-0.1, -0.05) is 6.92 Å². The summed E-state index contributed by atoms with van der Waals surface area (Å²) in [5.41, 5.74) is 6.33. The number of carbonyl (C=O) groups is 5. The Labute approximate surface area is 438 Å². The third-order valence-corrected chi connectivity index (χ3v) is 17.1. The molecule has 4 fully saturated rings. The first kappa shape index (κ1) is 51.0. The first-order valence-corrected chi connectivity index (χ1v) is 28.7. The zero-order chi connectivity index (χ0) is 51.8. The van der Waals surface area contributed by atoms with Gasteiger partial charge in [-0.25, -0.2) is 4.98 Å². The summed E-state index contributed by atoms with van der Waals surface area (Å²) in [7, 11) is -1.13. The standard InChI is InChI=1S/C52H61BrN13O7P/c1-5-32-28-40(58-52-56-31-37(53)48(60-52)57-39-9-8-38-46(55-16-15-54-38)47(39)74(3,4)72)43(73-2)30-42(32)64-18-12-33(13-19-64)62-24-26-65(27-25-62)45(68)14-17-61-20-22-63(23-21-61)34-6-7-35-36(29-34)51(71)66(50(35)70)41-10-11-44(67)59-49(41)69/h6-9,15-16,28-31,33,41H,5,10-14,17-27H2,1-4H3,(H,59,67,69)(H2,56,57,58,60). The van der Waals surface area contributed by atoms with Crippen LogP contribution in [0.1, 0.15) is 65.3 Å². The summed E-state index contributed by atoms with van der Waals surface area (Å²) >= 11 is 3.60. The van der Waals surface area contributed by atoms with Crippen LogP contribution in [-0.4, -0.2) is 174 Å². The Morgan fingerprint density at radius 2 is 1.57 bits per heavy atom. The largest absolute Gasteiger partial charge is 0.494 e. The van der Waals surface area contributed by atoms with Gasteiger partial charge in [0.25, 0.3) is 11.8 Å². The number of amides is 5. The molecule has 3 aromatic carbocycles. The van der Waals surface area contributed by atoms with Crippen LogP contribution in [-0.2, 0) is 25.4 Å². The van der Waals surface area contributed by atoms with E-state index >= 15 is 0 Å². The Balaban J connectivity index is 0.686. The first-order chi connectivity index (χ1) is 35.7. The molecule has 0 radical (unpaired) electrons. The maximum absolute atomic E-state index is 13.6. The zero-order valence-corrected chi connectivity index (χ0v) is 44.6. The molecule has 0 aliphatic carbocycles. The second kappa shape index (κ2) is 21.4. The first-order valence-electron chi connectivity index (χ1n) is 25.3. The minimum atomic E-state index is -2.79. The van der Waals surface area contributed by atoms with Crippen molar-refractivity contribution in [2.24, 2.45) is 0 Å². The number of benzene rings is 3. The zero-order valence-electron chi connectivity index (χ0n) is 42.1. The smallest absolute Gasteiger partial charge is 0.262 e. The lowest BCUT2D eigenvalue weighted by atomic mass is 9.99. The number of aryl methyl sites for hydroxylation is 1. The van der Waals surface area contributed by atoms with E-state index in [1.165, 1.54) is 5.56 Å². The molecule has 10 rings (SSSR count). The summed E-state index contributed by atoms with van der Waals surface area (Å²) in [5.74, 6) is -0.343. The van der Waals surface area contributed by atoms with E-state index in [9.17, 15) is 28.5 Å². The van der Waals surface area contributed by atoms with Crippen molar-refractivity contribution in [2.45, 2.75) is 57.5 Å². The highest BCUT2D eigenvalue weighted by Gasteiger charge is 2.45. The summed E-state index contributed by atoms with van der Waals surface area (Å²) in [4.78, 5) is 95.0. The topological polar surface area (TPSA) is 219 Å². The van der Waals surface area contributed by atoms with Crippen molar-refractivity contribution in [3.63, 3.8) is 0 Å². The fourth-order valence-electron chi connectivity index (χ4n) is 11.0. The van der Waals surface area contributed by atoms with E-state index in [4.69, 9.17) is 9.72 Å². The van der Waals surface area contributed by atoms with Crippen molar-refractivity contribution >= 4 is 103 Å². The average Bonchev–Trinajstić information content (AvgIpc) is 3.66. The van der Waals surface area contributed by atoms with Crippen LogP contribution in [0.3, 0.4) is 0 Å². The van der Waals surface area contributed by atoms with Gasteiger partial charge in [0.05, 0.1) is 44.9 Å². The van der Waals surface area contributed by atoms with Gasteiger partial charge >= 0.3 is 0 Å². The fourth-order valence-corrected chi connectivity index (χ4v) is 12.7. The van der Waals surface area contributed by atoms with Crippen LogP contribution < -0.4 is 35.8 Å². The number of hydrogen-bond acceptors (Lipinski definition) is 17. The number of aromatic nitrogens is 4. The summed E-state index contributed by atoms with van der Waals surface area (Å²) in [5, 5.41) is 9.61. The van der Waals surface area contributed by atoms with Crippen LogP contribution >= 0.6 is 23.1 Å². The maximum Gasteiger partial charge on any atom is 0.262 e. The molecule has 5 aliphatic heterocycles. The number of imide groups is 2. The van der Waals surface area contributed by atoms with Crippen LogP contribution in [0.2, 0.25) is 0 Å². The minimum Gasteiger partial charge on any atom is -0.494 e. The van der Waals surface area contributed by atoms with Crippen molar-refractivity contribution in [3.05, 3.63) is 82.2 Å². The van der Waals surface area contributed by atoms with E-state index in [1.54, 1.807) is 51.2 Å². The molecule has 20 nitrogen and oxygen atoms in total. The van der Waals surface area contributed by atoms with Gasteiger partial charge in [-0.15, -0.1) is 0 Å². The molecule has 5 aliphatic rings. The number of methoxy groups -OCH3 is 1. The fraction of sp³-hybridized carbons (Fsp3) is 0.442. The third-order valence-electron chi connectivity index (χ3n) is 15.0. The molecule has 7 heterocycles. The molecule has 0 bridgehead atoms. The monoisotopic (exact) mass is 1090 g/mol. The van der Waals surface area contributed by atoms with Gasteiger partial charge in [-0.2, -0.15) is 4.98 Å². The molecule has 3 N–H and O–H groups in total. The number of fused-ring (bicyclic) bond motifs is 2. The molecule has 1 atom stereocenters. The summed E-state index contributed by atoms with van der Waals surface area (Å²) in [6.45, 7) is 14.2. The molecule has 388 valence electrons. The lowest BCUT2D eigenvalue weighted by Crippen LogP contribution is -2.54. The van der Waals surface area contributed by atoms with Gasteiger partial charge in [0.2, 0.25) is 23.7 Å². The Kier molecular flexibility index (Phi) is 14.7. The van der Waals surface area contributed by atoms with Gasteiger partial charge in [-0.05, 0) is 96.9 Å². The average molecular weight is 1090 g/mol. The number of halogens is 1. The predicted octanol–water partition coefficient (Wildman–Crippen LogP) is 5.22. The molecule has 5 aromatic rings. The Bertz CT molecular complexity index is 3080. The van der Waals surface area contributed by atoms with Crippen molar-refractivity contribution < 1.29 is 33.3 Å². The summed E-state index contributed by atoms with van der Waals surface area (Å²) in [6, 6.07) is 12.6. The third kappa shape index (κ3) is 10.4. The lowest BCUT2D eigenvalue weighted by molar-refractivity contribution is -0.136. The van der Waals surface area contributed by atoms with Crippen molar-refractivity contribution in [1.82, 2.24) is 44.9 Å². The molecule has 1 unspecified atom stereocenters. The molecule has 2 aromatic heterocycles. The van der Waals surface area contributed by atoms with E-state index in [0.29, 0.717) is 76.1 Å². The number of piperidine rings is 2. The Morgan fingerprint density at radius 1 is 0.824 bits per heavy atom. The van der Waals surface area contributed by atoms with Crippen LogP contribution in [0.25, 0.3) is 11.0 Å². The molecule has 74 heavy (non-hydrogen) atoms. The highest BCUT2D eigenvalue weighted by atomic mass is 79.9. The number of carbonyl (C=O) groups excluding carboxylic acids is 5. The van der Waals surface area contributed by atoms with Crippen molar-refractivity contribution in [1.29, 1.82) is 0 Å². The van der Waals surface area contributed by atoms with E-state index < -0.39 is 36.8 Å². The molecular formula is C52H61BrN13O7P. The maximum atomic E-state index is 13.6. The van der Waals surface area contributed by atoms with Gasteiger partial charge in [0, 0.05) is 127 Å². The minimum absolute atomic E-state index is 0.0750. The highest BCUT2D eigenvalue weighted by Crippen LogP contribution is 2.42. The van der Waals surface area contributed by atoms with Crippen LogP contribution in [0.15, 0.2) is 65.5 Å². The van der Waals surface area contributed by atoms with E-state index in [0.717, 1.165) is 93.6 Å². The van der Waals surface area contributed by atoms with Gasteiger partial charge in [-0.3, -0.25) is 54.0 Å². The number of hydrogen-bond donors (Lipinski definition) is 3. The van der Waals surface area contributed by atoms with Gasteiger partial charge < -0.3 is 34.6 Å². The number of ether oxygens (including phenoxy) is 1. The molecule has 22 heteroatoms. The van der Waals surface area contributed by atoms with E-state index in [-0.39, 0.29) is 29.9 Å². The highest BCUT2D eigenvalue weighted by molar-refractivity contribution is 9.10. The molecule has 5 amide bonds.